The van der Waals surface area contributed by atoms with Crippen LogP contribution in [0.25, 0.3) is 11.0 Å². The quantitative estimate of drug-likeness (QED) is 0.789. The van der Waals surface area contributed by atoms with Gasteiger partial charge in [0.15, 0.2) is 0 Å². The molecule has 0 unspecified atom stereocenters. The lowest BCUT2D eigenvalue weighted by atomic mass is 10.4. The van der Waals surface area contributed by atoms with Crippen LogP contribution in [0.2, 0.25) is 0 Å². The second-order valence-electron chi connectivity index (χ2n) is 3.11. The van der Waals surface area contributed by atoms with Gasteiger partial charge in [-0.3, -0.25) is 0 Å². The lowest BCUT2D eigenvalue weighted by molar-refractivity contribution is -0.144. The molecule has 8 heteroatoms. The number of hydrogen-bond donors (Lipinski definition) is 1. The summed E-state index contributed by atoms with van der Waals surface area (Å²) in [7, 11) is 0. The van der Waals surface area contributed by atoms with Crippen molar-refractivity contribution in [2.75, 3.05) is 0 Å². The van der Waals surface area contributed by atoms with Crippen molar-refractivity contribution >= 4 is 23.3 Å². The molecule has 4 nitrogen and oxygen atoms in total. The Hall–Kier alpha value is -1.44. The van der Waals surface area contributed by atoms with Crippen LogP contribution in [-0.4, -0.2) is 19.7 Å². The van der Waals surface area contributed by atoms with Crippen molar-refractivity contribution in [3.63, 3.8) is 0 Å². The Bertz CT molecular complexity index is 583. The van der Waals surface area contributed by atoms with Crippen LogP contribution in [0.15, 0.2) is 6.20 Å². The minimum Gasteiger partial charge on any atom is -0.320 e. The summed E-state index contributed by atoms with van der Waals surface area (Å²) in [5.74, 6) is -1.10. The molecule has 0 amide bonds. The molecule has 0 radical (unpaired) electrons. The molecule has 2 aromatic rings. The highest BCUT2D eigenvalue weighted by Gasteiger charge is 2.34. The standard InChI is InChI=1S/C8H7F3N4S/c1-2-15-5-4(3-12-15)6(16)14-7(13-5)8(9,10)11/h3H,2H2,1H3,(H,13,14,16). The van der Waals surface area contributed by atoms with Crippen molar-refractivity contribution in [3.05, 3.63) is 16.7 Å². The molecular weight excluding hydrogens is 241 g/mol. The second kappa shape index (κ2) is 3.55. The first-order valence-corrected chi connectivity index (χ1v) is 4.87. The Balaban J connectivity index is 2.78. The highest BCUT2D eigenvalue weighted by Crippen LogP contribution is 2.27. The van der Waals surface area contributed by atoms with E-state index in [4.69, 9.17) is 12.2 Å². The Morgan fingerprint density at radius 2 is 2.19 bits per heavy atom. The molecule has 0 aromatic carbocycles. The largest absolute Gasteiger partial charge is 0.449 e. The third-order valence-corrected chi connectivity index (χ3v) is 2.40. The summed E-state index contributed by atoms with van der Waals surface area (Å²) in [5, 5.41) is 4.33. The monoisotopic (exact) mass is 248 g/mol. The molecule has 0 saturated heterocycles. The summed E-state index contributed by atoms with van der Waals surface area (Å²) in [5.41, 5.74) is 0.245. The number of rotatable bonds is 1. The zero-order valence-electron chi connectivity index (χ0n) is 8.17. The number of aryl methyl sites for hydroxylation is 1. The first-order valence-electron chi connectivity index (χ1n) is 4.46. The molecule has 0 fully saturated rings. The van der Waals surface area contributed by atoms with Gasteiger partial charge in [0.2, 0.25) is 5.82 Å². The summed E-state index contributed by atoms with van der Waals surface area (Å²) in [6.07, 6.45) is -3.13. The lowest BCUT2D eigenvalue weighted by Gasteiger charge is -2.06. The molecule has 0 aliphatic rings. The van der Waals surface area contributed by atoms with Gasteiger partial charge in [-0.05, 0) is 6.92 Å². The van der Waals surface area contributed by atoms with Crippen LogP contribution in [-0.2, 0) is 12.7 Å². The highest BCUT2D eigenvalue weighted by molar-refractivity contribution is 7.71. The van der Waals surface area contributed by atoms with Gasteiger partial charge >= 0.3 is 6.18 Å². The number of aromatic amines is 1. The summed E-state index contributed by atoms with van der Waals surface area (Å²) < 4.78 is 38.7. The molecule has 0 spiro atoms. The molecule has 16 heavy (non-hydrogen) atoms. The first kappa shape index (κ1) is 11.1. The van der Waals surface area contributed by atoms with E-state index in [1.165, 1.54) is 10.9 Å². The van der Waals surface area contributed by atoms with Crippen LogP contribution in [0.4, 0.5) is 13.2 Å². The van der Waals surface area contributed by atoms with Gasteiger partial charge in [0, 0.05) is 6.54 Å². The van der Waals surface area contributed by atoms with Crippen LogP contribution in [0, 0.1) is 4.64 Å². The number of fused-ring (bicyclic) bond motifs is 1. The van der Waals surface area contributed by atoms with Crippen molar-refractivity contribution in [3.8, 4) is 0 Å². The van der Waals surface area contributed by atoms with Crippen LogP contribution in [0.3, 0.4) is 0 Å². The van der Waals surface area contributed by atoms with E-state index in [-0.39, 0.29) is 10.3 Å². The average molecular weight is 248 g/mol. The highest BCUT2D eigenvalue weighted by atomic mass is 32.1. The zero-order chi connectivity index (χ0) is 11.9. The molecule has 0 bridgehead atoms. The van der Waals surface area contributed by atoms with Crippen LogP contribution < -0.4 is 0 Å². The van der Waals surface area contributed by atoms with Crippen LogP contribution in [0.5, 0.6) is 0 Å². The molecular formula is C8H7F3N4S. The Kier molecular flexibility index (Phi) is 2.45. The number of nitrogens with zero attached hydrogens (tertiary/aromatic N) is 3. The third kappa shape index (κ3) is 1.69. The maximum Gasteiger partial charge on any atom is 0.449 e. The number of nitrogens with one attached hydrogen (secondary N) is 1. The zero-order valence-corrected chi connectivity index (χ0v) is 8.98. The smallest absolute Gasteiger partial charge is 0.320 e. The summed E-state index contributed by atoms with van der Waals surface area (Å²) >= 11 is 4.79. The Morgan fingerprint density at radius 3 is 2.75 bits per heavy atom. The minimum atomic E-state index is -4.54. The van der Waals surface area contributed by atoms with Gasteiger partial charge in [-0.1, -0.05) is 12.2 Å². The average Bonchev–Trinajstić information content (AvgIpc) is 2.59. The lowest BCUT2D eigenvalue weighted by Crippen LogP contribution is -2.12. The van der Waals surface area contributed by atoms with Crippen molar-refractivity contribution in [2.45, 2.75) is 19.6 Å². The van der Waals surface area contributed by atoms with Gasteiger partial charge in [-0.2, -0.15) is 18.3 Å². The molecule has 2 aromatic heterocycles. The van der Waals surface area contributed by atoms with E-state index in [9.17, 15) is 13.2 Å². The van der Waals surface area contributed by atoms with Gasteiger partial charge in [-0.15, -0.1) is 0 Å². The van der Waals surface area contributed by atoms with Crippen molar-refractivity contribution < 1.29 is 13.2 Å². The fourth-order valence-corrected chi connectivity index (χ4v) is 1.59. The normalized spacial score (nSPS) is 12.2. The number of aromatic nitrogens is 4. The summed E-state index contributed by atoms with van der Waals surface area (Å²) in [4.78, 5) is 5.51. The van der Waals surface area contributed by atoms with Crippen LogP contribution >= 0.6 is 12.2 Å². The van der Waals surface area contributed by atoms with Gasteiger partial charge < -0.3 is 4.98 Å². The molecule has 1 N–H and O–H groups in total. The minimum absolute atomic E-state index is 0.0965. The van der Waals surface area contributed by atoms with Crippen molar-refractivity contribution in [1.82, 2.24) is 19.7 Å². The predicted molar refractivity (Wildman–Crippen MR) is 53.4 cm³/mol. The topological polar surface area (TPSA) is 46.5 Å². The van der Waals surface area contributed by atoms with E-state index in [0.717, 1.165) is 0 Å². The van der Waals surface area contributed by atoms with Gasteiger partial charge in [0.1, 0.15) is 10.3 Å². The number of alkyl halides is 3. The fraction of sp³-hybridized carbons (Fsp3) is 0.375. The summed E-state index contributed by atoms with van der Waals surface area (Å²) in [6.45, 7) is 2.23. The second-order valence-corrected chi connectivity index (χ2v) is 3.50. The Morgan fingerprint density at radius 1 is 1.50 bits per heavy atom. The van der Waals surface area contributed by atoms with E-state index in [1.807, 2.05) is 0 Å². The van der Waals surface area contributed by atoms with Crippen LogP contribution in [0.1, 0.15) is 12.7 Å². The van der Waals surface area contributed by atoms with E-state index in [1.54, 1.807) is 6.92 Å². The SMILES string of the molecule is CCn1ncc2c(=S)nc(C(F)(F)F)[nH]c21. The Labute approximate surface area is 93.1 Å². The van der Waals surface area contributed by atoms with Gasteiger partial charge in [-0.25, -0.2) is 9.67 Å². The van der Waals surface area contributed by atoms with E-state index in [2.05, 4.69) is 15.1 Å². The molecule has 0 aliphatic heterocycles. The summed E-state index contributed by atoms with van der Waals surface area (Å²) in [6, 6.07) is 0. The maximum absolute atomic E-state index is 12.5. The first-order chi connectivity index (χ1) is 7.43. The number of H-pyrrole nitrogens is 1. The van der Waals surface area contributed by atoms with E-state index >= 15 is 0 Å². The van der Waals surface area contributed by atoms with Gasteiger partial charge in [0.25, 0.3) is 0 Å². The van der Waals surface area contributed by atoms with Crippen molar-refractivity contribution in [1.29, 1.82) is 0 Å². The third-order valence-electron chi connectivity index (χ3n) is 2.09. The number of halogens is 3. The molecule has 0 saturated carbocycles. The molecule has 2 heterocycles. The molecule has 0 atom stereocenters. The number of hydrogen-bond acceptors (Lipinski definition) is 3. The fourth-order valence-electron chi connectivity index (χ4n) is 1.35. The van der Waals surface area contributed by atoms with E-state index < -0.39 is 12.0 Å². The predicted octanol–water partition coefficient (Wildman–Crippen LogP) is 2.53. The molecule has 0 aliphatic carbocycles. The molecule has 2 rings (SSSR count). The maximum atomic E-state index is 12.5. The van der Waals surface area contributed by atoms with Crippen molar-refractivity contribution in [2.24, 2.45) is 0 Å². The molecule has 86 valence electrons. The van der Waals surface area contributed by atoms with E-state index in [0.29, 0.717) is 11.9 Å². The van der Waals surface area contributed by atoms with Gasteiger partial charge in [0.05, 0.1) is 11.6 Å².